The third kappa shape index (κ3) is 4.09. The van der Waals surface area contributed by atoms with E-state index in [1.807, 2.05) is 42.5 Å². The van der Waals surface area contributed by atoms with Crippen LogP contribution in [0.3, 0.4) is 0 Å². The quantitative estimate of drug-likeness (QED) is 0.377. The van der Waals surface area contributed by atoms with Gasteiger partial charge in [0.2, 0.25) is 5.78 Å². The Morgan fingerprint density at radius 1 is 0.868 bits per heavy atom. The van der Waals surface area contributed by atoms with Crippen molar-refractivity contribution in [2.24, 2.45) is 0 Å². The summed E-state index contributed by atoms with van der Waals surface area (Å²) in [5.41, 5.74) is 2.64. The molecule has 1 amide bonds. The Kier molecular flexibility index (Phi) is 5.88. The average Bonchev–Trinajstić information content (AvgIpc) is 3.48. The largest absolute Gasteiger partial charge is 0.508 e. The number of furan rings is 1. The van der Waals surface area contributed by atoms with Crippen molar-refractivity contribution in [3.05, 3.63) is 102 Å². The number of para-hydroxylation sites is 1. The fraction of sp³-hybridized carbons (Fsp3) is 0.200. The topological polar surface area (TPSA) is 97.5 Å². The first-order chi connectivity index (χ1) is 18.4. The lowest BCUT2D eigenvalue weighted by Gasteiger charge is -2.34. The maximum Gasteiger partial charge on any atom is 0.294 e. The number of amides is 1. The van der Waals surface area contributed by atoms with Crippen LogP contribution in [0, 0.1) is 0 Å². The number of likely N-dealkylation sites (N-methyl/N-ethyl adjacent to an activating group) is 1. The van der Waals surface area contributed by atoms with Crippen molar-refractivity contribution in [2.45, 2.75) is 6.04 Å². The van der Waals surface area contributed by atoms with Gasteiger partial charge in [0, 0.05) is 42.9 Å². The van der Waals surface area contributed by atoms with E-state index in [1.165, 1.54) is 17.0 Å². The van der Waals surface area contributed by atoms with E-state index in [9.17, 15) is 19.8 Å². The molecule has 192 valence electrons. The molecule has 2 aliphatic rings. The molecule has 3 heterocycles. The number of aliphatic hydroxyl groups is 1. The lowest BCUT2D eigenvalue weighted by molar-refractivity contribution is -0.117. The maximum absolute atomic E-state index is 13.7. The van der Waals surface area contributed by atoms with Crippen LogP contribution in [0.5, 0.6) is 5.75 Å². The first-order valence-corrected chi connectivity index (χ1v) is 12.5. The van der Waals surface area contributed by atoms with Crippen molar-refractivity contribution in [3.8, 4) is 5.75 Å². The van der Waals surface area contributed by atoms with Crippen LogP contribution in [0.4, 0.5) is 11.4 Å². The van der Waals surface area contributed by atoms with Crippen LogP contribution in [0.1, 0.15) is 22.2 Å². The zero-order valence-electron chi connectivity index (χ0n) is 20.9. The van der Waals surface area contributed by atoms with Crippen molar-refractivity contribution in [3.63, 3.8) is 0 Å². The van der Waals surface area contributed by atoms with E-state index in [4.69, 9.17) is 4.42 Å². The third-order valence-electron chi connectivity index (χ3n) is 7.31. The standard InChI is InChI=1S/C30H27N3O5/c1-31-14-16-32(17-15-31)21-8-10-22(11-9-21)33-27(19-6-12-23(34)13-7-19)26(29(36)30(33)37)28(35)25-18-20-4-2-3-5-24(20)38-25/h2-13,18,27,34,36H,14-17H2,1H3. The molecule has 38 heavy (non-hydrogen) atoms. The normalized spacial score (nSPS) is 18.6. The molecule has 2 N–H and O–H groups in total. The van der Waals surface area contributed by atoms with Gasteiger partial charge in [-0.05, 0) is 61.1 Å². The molecular weight excluding hydrogens is 482 g/mol. The average molecular weight is 510 g/mol. The molecule has 1 fully saturated rings. The number of aliphatic hydroxyl groups excluding tert-OH is 1. The lowest BCUT2D eigenvalue weighted by Crippen LogP contribution is -2.44. The van der Waals surface area contributed by atoms with Gasteiger partial charge in [0.15, 0.2) is 11.5 Å². The summed E-state index contributed by atoms with van der Waals surface area (Å²) in [5.74, 6) is -1.76. The Bertz CT molecular complexity index is 1510. The Morgan fingerprint density at radius 2 is 1.53 bits per heavy atom. The SMILES string of the molecule is CN1CCN(c2ccc(N3C(=O)C(O)=C(C(=O)c4cc5ccccc5o4)C3c3ccc(O)cc3)cc2)CC1. The van der Waals surface area contributed by atoms with Crippen LogP contribution >= 0.6 is 0 Å². The van der Waals surface area contributed by atoms with Gasteiger partial charge in [-0.3, -0.25) is 14.5 Å². The number of hydrogen-bond donors (Lipinski definition) is 2. The van der Waals surface area contributed by atoms with Crippen LogP contribution in [0.25, 0.3) is 11.0 Å². The highest BCUT2D eigenvalue weighted by molar-refractivity contribution is 6.20. The number of benzene rings is 3. The predicted molar refractivity (Wildman–Crippen MR) is 145 cm³/mol. The number of hydrogen-bond acceptors (Lipinski definition) is 7. The third-order valence-corrected chi connectivity index (χ3v) is 7.31. The van der Waals surface area contributed by atoms with Gasteiger partial charge >= 0.3 is 0 Å². The molecule has 0 saturated carbocycles. The Hall–Kier alpha value is -4.56. The van der Waals surface area contributed by atoms with Crippen molar-refractivity contribution in [1.82, 2.24) is 4.90 Å². The summed E-state index contributed by atoms with van der Waals surface area (Å²) in [6.45, 7) is 3.76. The molecule has 1 unspecified atom stereocenters. The number of phenolic OH excluding ortho intramolecular Hbond substituents is 1. The number of nitrogens with zero attached hydrogens (tertiary/aromatic N) is 3. The molecule has 8 heteroatoms. The summed E-state index contributed by atoms with van der Waals surface area (Å²) < 4.78 is 5.79. The Morgan fingerprint density at radius 3 is 2.21 bits per heavy atom. The van der Waals surface area contributed by atoms with Crippen LogP contribution in [-0.2, 0) is 4.79 Å². The van der Waals surface area contributed by atoms with Crippen molar-refractivity contribution in [2.75, 3.05) is 43.0 Å². The second kappa shape index (κ2) is 9.39. The van der Waals surface area contributed by atoms with E-state index >= 15 is 0 Å². The minimum absolute atomic E-state index is 0.0385. The molecule has 4 aromatic rings. The van der Waals surface area contributed by atoms with Gasteiger partial charge in [-0.15, -0.1) is 0 Å². The highest BCUT2D eigenvalue weighted by Gasteiger charge is 2.45. The number of carbonyl (C=O) groups excluding carboxylic acids is 2. The fourth-order valence-corrected chi connectivity index (χ4v) is 5.19. The molecule has 8 nitrogen and oxygen atoms in total. The first kappa shape index (κ1) is 23.8. The van der Waals surface area contributed by atoms with Crippen molar-refractivity contribution in [1.29, 1.82) is 0 Å². The maximum atomic E-state index is 13.7. The monoisotopic (exact) mass is 509 g/mol. The van der Waals surface area contributed by atoms with Gasteiger partial charge in [0.1, 0.15) is 11.3 Å². The summed E-state index contributed by atoms with van der Waals surface area (Å²) in [6.07, 6.45) is 0. The van der Waals surface area contributed by atoms with Crippen LogP contribution in [0.2, 0.25) is 0 Å². The minimum atomic E-state index is -0.904. The number of carbonyl (C=O) groups is 2. The van der Waals surface area contributed by atoms with Gasteiger partial charge < -0.3 is 24.4 Å². The number of piperazine rings is 1. The van der Waals surface area contributed by atoms with Crippen molar-refractivity contribution >= 4 is 34.0 Å². The fourth-order valence-electron chi connectivity index (χ4n) is 5.19. The summed E-state index contributed by atoms with van der Waals surface area (Å²) in [6, 6.07) is 21.8. The number of phenols is 1. The molecule has 3 aromatic carbocycles. The van der Waals surface area contributed by atoms with Gasteiger partial charge in [-0.25, -0.2) is 0 Å². The van der Waals surface area contributed by atoms with E-state index in [-0.39, 0.29) is 17.1 Å². The second-order valence-corrected chi connectivity index (χ2v) is 9.72. The molecular formula is C30H27N3O5. The van der Waals surface area contributed by atoms with Gasteiger partial charge in [0.05, 0.1) is 11.6 Å². The molecule has 0 spiro atoms. The van der Waals surface area contributed by atoms with E-state index in [0.717, 1.165) is 37.3 Å². The number of Topliss-reactive ketones (excluding diaryl/α,β-unsaturated/α-hetero) is 1. The minimum Gasteiger partial charge on any atom is -0.508 e. The summed E-state index contributed by atoms with van der Waals surface area (Å²) in [4.78, 5) is 33.2. The lowest BCUT2D eigenvalue weighted by atomic mass is 9.94. The highest BCUT2D eigenvalue weighted by atomic mass is 16.3. The van der Waals surface area contributed by atoms with Crippen molar-refractivity contribution < 1.29 is 24.2 Å². The predicted octanol–water partition coefficient (Wildman–Crippen LogP) is 4.67. The number of rotatable bonds is 5. The smallest absolute Gasteiger partial charge is 0.294 e. The molecule has 1 saturated heterocycles. The number of anilines is 2. The van der Waals surface area contributed by atoms with E-state index in [1.54, 1.807) is 24.3 Å². The molecule has 0 aliphatic carbocycles. The first-order valence-electron chi connectivity index (χ1n) is 12.5. The highest BCUT2D eigenvalue weighted by Crippen LogP contribution is 2.43. The molecule has 1 atom stereocenters. The van der Waals surface area contributed by atoms with Gasteiger partial charge in [-0.1, -0.05) is 30.3 Å². The molecule has 2 aliphatic heterocycles. The van der Waals surface area contributed by atoms with Gasteiger partial charge in [-0.2, -0.15) is 0 Å². The summed E-state index contributed by atoms with van der Waals surface area (Å²) in [7, 11) is 2.10. The van der Waals surface area contributed by atoms with Crippen LogP contribution < -0.4 is 9.80 Å². The second-order valence-electron chi connectivity index (χ2n) is 9.72. The zero-order chi connectivity index (χ0) is 26.4. The molecule has 0 bridgehead atoms. The Balaban J connectivity index is 1.39. The van der Waals surface area contributed by atoms with Crippen LogP contribution in [-0.4, -0.2) is 60.0 Å². The van der Waals surface area contributed by atoms with E-state index < -0.39 is 23.5 Å². The summed E-state index contributed by atoms with van der Waals surface area (Å²) in [5, 5.41) is 21.6. The molecule has 6 rings (SSSR count). The van der Waals surface area contributed by atoms with Crippen LogP contribution in [0.15, 0.2) is 94.6 Å². The molecule has 1 aromatic heterocycles. The number of ketones is 1. The van der Waals surface area contributed by atoms with E-state index in [2.05, 4.69) is 16.8 Å². The number of aromatic hydroxyl groups is 1. The Labute approximate surface area is 219 Å². The zero-order valence-corrected chi connectivity index (χ0v) is 20.9. The summed E-state index contributed by atoms with van der Waals surface area (Å²) >= 11 is 0. The van der Waals surface area contributed by atoms with Gasteiger partial charge in [0.25, 0.3) is 5.91 Å². The number of fused-ring (bicyclic) bond motifs is 1. The molecule has 0 radical (unpaired) electrons. The van der Waals surface area contributed by atoms with E-state index in [0.29, 0.717) is 16.8 Å².